The number of carbonyl (C=O) groups is 4. The number of carboxylic acid groups (broad SMARTS) is 1. The fourth-order valence-electron chi connectivity index (χ4n) is 7.24. The fraction of sp³-hybridized carbons (Fsp3) is 0.583. The quantitative estimate of drug-likeness (QED) is 0.316. The first-order chi connectivity index (χ1) is 23.5. The zero-order valence-electron chi connectivity index (χ0n) is 28.0. The first kappa shape index (κ1) is 34.8. The van der Waals surface area contributed by atoms with E-state index in [1.165, 1.54) is 4.90 Å². The monoisotopic (exact) mass is 696 g/mol. The summed E-state index contributed by atoms with van der Waals surface area (Å²) in [6.45, 7) is 3.84. The number of nitrogens with one attached hydrogen (secondary N) is 2. The van der Waals surface area contributed by atoms with Gasteiger partial charge in [0.2, 0.25) is 17.7 Å². The Bertz CT molecular complexity index is 1610. The van der Waals surface area contributed by atoms with Crippen LogP contribution in [0.2, 0.25) is 5.02 Å². The number of rotatable bonds is 7. The van der Waals surface area contributed by atoms with Crippen molar-refractivity contribution in [2.75, 3.05) is 6.54 Å². The van der Waals surface area contributed by atoms with E-state index in [9.17, 15) is 24.3 Å². The van der Waals surface area contributed by atoms with Crippen molar-refractivity contribution >= 4 is 46.4 Å². The zero-order valence-corrected chi connectivity index (χ0v) is 28.7. The molecule has 1 aromatic heterocycles. The lowest BCUT2D eigenvalue weighted by molar-refractivity contribution is -0.145. The van der Waals surface area contributed by atoms with Crippen LogP contribution in [-0.4, -0.2) is 81.3 Å². The van der Waals surface area contributed by atoms with Crippen LogP contribution in [0, 0.1) is 5.92 Å². The molecule has 6 rings (SSSR count). The van der Waals surface area contributed by atoms with Crippen molar-refractivity contribution in [3.05, 3.63) is 41.4 Å². The molecule has 12 nitrogen and oxygen atoms in total. The van der Waals surface area contributed by atoms with Crippen molar-refractivity contribution < 1.29 is 38.5 Å². The van der Waals surface area contributed by atoms with Gasteiger partial charge in [-0.2, -0.15) is 0 Å². The summed E-state index contributed by atoms with van der Waals surface area (Å²) in [6.07, 6.45) is 9.27. The Morgan fingerprint density at radius 3 is 2.65 bits per heavy atom. The van der Waals surface area contributed by atoms with E-state index in [1.807, 2.05) is 32.1 Å². The van der Waals surface area contributed by atoms with Gasteiger partial charge >= 0.3 is 12.1 Å². The molecule has 49 heavy (non-hydrogen) atoms. The zero-order chi connectivity index (χ0) is 34.7. The highest BCUT2D eigenvalue weighted by Crippen LogP contribution is 2.45. The SMILES string of the molecule is CC(C)Oc1cc(O[C@@H]2C[C@H]3C(=O)N[C@]4(C(=O)O)C[C@H]4/C=C\CCCC[C@H](NC(=O)OC4CCCC4)CC(=O)N3C2)c2cccc(Cl)c2n1. The summed E-state index contributed by atoms with van der Waals surface area (Å²) in [5, 5.41) is 16.9. The van der Waals surface area contributed by atoms with E-state index in [0.29, 0.717) is 34.0 Å². The second-order valence-electron chi connectivity index (χ2n) is 13.9. The van der Waals surface area contributed by atoms with Gasteiger partial charge in [-0.1, -0.05) is 36.2 Å². The number of aliphatic carboxylic acids is 1. The molecule has 1 aromatic carbocycles. The van der Waals surface area contributed by atoms with Gasteiger partial charge in [0.05, 0.1) is 23.2 Å². The van der Waals surface area contributed by atoms with Crippen molar-refractivity contribution in [3.63, 3.8) is 0 Å². The third kappa shape index (κ3) is 8.06. The number of amides is 3. The van der Waals surface area contributed by atoms with Gasteiger partial charge in [0, 0.05) is 36.3 Å². The lowest BCUT2D eigenvalue weighted by Gasteiger charge is -2.27. The molecule has 4 aliphatic rings. The average Bonchev–Trinajstić information content (AvgIpc) is 3.33. The third-order valence-corrected chi connectivity index (χ3v) is 10.2. The number of carbonyl (C=O) groups excluding carboxylic acids is 3. The molecule has 1 saturated heterocycles. The van der Waals surface area contributed by atoms with Crippen LogP contribution in [0.15, 0.2) is 36.4 Å². The number of hydrogen-bond acceptors (Lipinski definition) is 8. The predicted molar refractivity (Wildman–Crippen MR) is 182 cm³/mol. The smallest absolute Gasteiger partial charge is 0.407 e. The molecule has 2 saturated carbocycles. The number of aromatic nitrogens is 1. The van der Waals surface area contributed by atoms with Crippen LogP contribution in [0.3, 0.4) is 0 Å². The summed E-state index contributed by atoms with van der Waals surface area (Å²) >= 11 is 6.50. The molecular weight excluding hydrogens is 652 g/mol. The van der Waals surface area contributed by atoms with E-state index in [-0.39, 0.29) is 49.8 Å². The van der Waals surface area contributed by atoms with Gasteiger partial charge in [-0.25, -0.2) is 14.6 Å². The standard InChI is InChI=1S/C36H45ClN4O8/c1-21(2)47-30-18-29(26-14-9-15-27(37)32(26)39-30)48-25-17-28-33(43)40-36(34(44)45)19-22(36)10-5-3-4-6-11-23(16-31(42)41(28)20-25)38-35(46)49-24-12-7-8-13-24/h5,9-10,14-15,18,21-25,28H,3-4,6-8,11-13,16-17,19-20H2,1-2H3,(H,38,46)(H,40,43)(H,44,45)/b10-5-/t22-,23+,25-,28+,36-/m1/s1. The fourth-order valence-corrected chi connectivity index (χ4v) is 7.45. The normalized spacial score (nSPS) is 28.5. The second kappa shape index (κ2) is 14.8. The number of hydrogen-bond donors (Lipinski definition) is 3. The molecule has 0 unspecified atom stereocenters. The maximum Gasteiger partial charge on any atom is 0.407 e. The summed E-state index contributed by atoms with van der Waals surface area (Å²) in [4.78, 5) is 59.3. The number of fused-ring (bicyclic) bond motifs is 3. The van der Waals surface area contributed by atoms with E-state index in [4.69, 9.17) is 25.8 Å². The first-order valence-electron chi connectivity index (χ1n) is 17.4. The van der Waals surface area contributed by atoms with Crippen LogP contribution in [0.1, 0.15) is 84.5 Å². The van der Waals surface area contributed by atoms with Gasteiger partial charge in [0.1, 0.15) is 29.5 Å². The van der Waals surface area contributed by atoms with Crippen molar-refractivity contribution in [2.45, 2.75) is 120 Å². The molecule has 2 aromatic rings. The van der Waals surface area contributed by atoms with Crippen LogP contribution in [0.5, 0.6) is 11.6 Å². The van der Waals surface area contributed by atoms with E-state index >= 15 is 0 Å². The van der Waals surface area contributed by atoms with Crippen molar-refractivity contribution in [3.8, 4) is 11.6 Å². The molecule has 264 valence electrons. The first-order valence-corrected chi connectivity index (χ1v) is 17.8. The highest BCUT2D eigenvalue weighted by atomic mass is 35.5. The maximum absolute atomic E-state index is 14.1. The molecule has 0 radical (unpaired) electrons. The Kier molecular flexibility index (Phi) is 10.5. The topological polar surface area (TPSA) is 156 Å². The molecule has 5 atom stereocenters. The van der Waals surface area contributed by atoms with Gasteiger partial charge in [-0.05, 0) is 77.3 Å². The number of benzene rings is 1. The number of alkyl carbamates (subject to hydrolysis) is 1. The minimum Gasteiger partial charge on any atom is -0.488 e. The average molecular weight is 697 g/mol. The van der Waals surface area contributed by atoms with E-state index in [0.717, 1.165) is 44.9 Å². The van der Waals surface area contributed by atoms with Crippen LogP contribution in [0.25, 0.3) is 10.9 Å². The highest BCUT2D eigenvalue weighted by Gasteiger charge is 2.61. The summed E-state index contributed by atoms with van der Waals surface area (Å²) < 4.78 is 18.0. The van der Waals surface area contributed by atoms with Gasteiger partial charge in [0.25, 0.3) is 0 Å². The molecule has 3 heterocycles. The Hall–Kier alpha value is -4.06. The highest BCUT2D eigenvalue weighted by molar-refractivity contribution is 6.35. The number of halogens is 1. The number of nitrogens with zero attached hydrogens (tertiary/aromatic N) is 2. The minimum atomic E-state index is -1.42. The van der Waals surface area contributed by atoms with Crippen LogP contribution in [-0.2, 0) is 19.1 Å². The van der Waals surface area contributed by atoms with Gasteiger partial charge in [-0.15, -0.1) is 0 Å². The molecule has 2 aliphatic heterocycles. The molecule has 2 aliphatic carbocycles. The molecule has 3 amide bonds. The Labute approximate surface area is 290 Å². The Balaban J connectivity index is 1.27. The number of pyridine rings is 1. The van der Waals surface area contributed by atoms with Crippen molar-refractivity contribution in [1.29, 1.82) is 0 Å². The van der Waals surface area contributed by atoms with Crippen LogP contribution in [0.4, 0.5) is 4.79 Å². The summed E-state index contributed by atoms with van der Waals surface area (Å²) in [5.41, 5.74) is -0.926. The minimum absolute atomic E-state index is 0.0427. The van der Waals surface area contributed by atoms with Gasteiger partial charge in [0.15, 0.2) is 0 Å². The lowest BCUT2D eigenvalue weighted by Crippen LogP contribution is -2.53. The van der Waals surface area contributed by atoms with Gasteiger partial charge < -0.3 is 34.9 Å². The summed E-state index contributed by atoms with van der Waals surface area (Å²) in [7, 11) is 0. The number of carboxylic acids is 1. The molecule has 13 heteroatoms. The summed E-state index contributed by atoms with van der Waals surface area (Å²) in [5.74, 6) is -1.58. The number of para-hydroxylation sites is 1. The number of ether oxygens (including phenoxy) is 3. The van der Waals surface area contributed by atoms with Gasteiger partial charge in [-0.3, -0.25) is 9.59 Å². The number of allylic oxidation sites excluding steroid dienone is 1. The van der Waals surface area contributed by atoms with E-state index in [2.05, 4.69) is 15.6 Å². The Morgan fingerprint density at radius 1 is 1.12 bits per heavy atom. The third-order valence-electron chi connectivity index (χ3n) is 9.87. The Morgan fingerprint density at radius 2 is 1.90 bits per heavy atom. The molecule has 0 bridgehead atoms. The van der Waals surface area contributed by atoms with Crippen molar-refractivity contribution in [2.24, 2.45) is 5.92 Å². The predicted octanol–water partition coefficient (Wildman–Crippen LogP) is 5.54. The maximum atomic E-state index is 14.1. The lowest BCUT2D eigenvalue weighted by atomic mass is 10.0. The summed E-state index contributed by atoms with van der Waals surface area (Å²) in [6, 6.07) is 5.52. The molecular formula is C36H45ClN4O8. The van der Waals surface area contributed by atoms with E-state index < -0.39 is 41.7 Å². The largest absolute Gasteiger partial charge is 0.488 e. The second-order valence-corrected chi connectivity index (χ2v) is 14.4. The van der Waals surface area contributed by atoms with Crippen LogP contribution >= 0.6 is 11.6 Å². The molecule has 3 fully saturated rings. The molecule has 3 N–H and O–H groups in total. The molecule has 0 spiro atoms. The van der Waals surface area contributed by atoms with Crippen molar-refractivity contribution in [1.82, 2.24) is 20.5 Å². The van der Waals surface area contributed by atoms with E-state index in [1.54, 1.807) is 18.2 Å². The van der Waals surface area contributed by atoms with Crippen LogP contribution < -0.4 is 20.1 Å².